The van der Waals surface area contributed by atoms with Crippen LogP contribution in [0.25, 0.3) is 0 Å². The monoisotopic (exact) mass is 387 g/mol. The Balaban J connectivity index is 1.80. The molecular formula is C20H25N3O3S. The molecule has 0 spiro atoms. The number of hydrogen-bond donors (Lipinski definition) is 2. The molecule has 1 saturated heterocycles. The van der Waals surface area contributed by atoms with Crippen molar-refractivity contribution in [3.05, 3.63) is 65.2 Å². The fraction of sp³-hybridized carbons (Fsp3) is 0.350. The summed E-state index contributed by atoms with van der Waals surface area (Å²) in [7, 11) is -3.70. The molecule has 7 heteroatoms. The molecule has 0 bridgehead atoms. The van der Waals surface area contributed by atoms with Crippen LogP contribution in [0.4, 0.5) is 0 Å². The van der Waals surface area contributed by atoms with Crippen LogP contribution in [0.5, 0.6) is 0 Å². The Morgan fingerprint density at radius 1 is 1.11 bits per heavy atom. The molecule has 1 fully saturated rings. The Kier molecular flexibility index (Phi) is 6.26. The molecule has 1 aliphatic heterocycles. The number of carbonyl (C=O) groups is 1. The fourth-order valence-electron chi connectivity index (χ4n) is 3.08. The van der Waals surface area contributed by atoms with Crippen LogP contribution in [0.15, 0.2) is 53.4 Å². The smallest absolute Gasteiger partial charge is 0.254 e. The summed E-state index contributed by atoms with van der Waals surface area (Å²) in [6.45, 7) is 4.98. The van der Waals surface area contributed by atoms with Gasteiger partial charge in [-0.25, -0.2) is 13.1 Å². The zero-order valence-corrected chi connectivity index (χ0v) is 16.3. The number of rotatable bonds is 5. The minimum Gasteiger partial charge on any atom is -0.337 e. The molecule has 144 valence electrons. The minimum absolute atomic E-state index is 0.111. The van der Waals surface area contributed by atoms with E-state index in [0.29, 0.717) is 18.7 Å². The zero-order valence-electron chi connectivity index (χ0n) is 15.4. The maximum atomic E-state index is 12.9. The van der Waals surface area contributed by atoms with E-state index in [2.05, 4.69) is 10.0 Å². The van der Waals surface area contributed by atoms with E-state index in [9.17, 15) is 13.2 Å². The predicted octanol–water partition coefficient (Wildman–Crippen LogP) is 1.91. The lowest BCUT2D eigenvalue weighted by Gasteiger charge is -2.21. The number of sulfonamides is 1. The van der Waals surface area contributed by atoms with E-state index in [1.54, 1.807) is 17.0 Å². The maximum absolute atomic E-state index is 12.9. The first kappa shape index (κ1) is 19.5. The number of nitrogens with zero attached hydrogens (tertiary/aromatic N) is 1. The van der Waals surface area contributed by atoms with Crippen molar-refractivity contribution in [2.45, 2.75) is 24.8 Å². The van der Waals surface area contributed by atoms with Crippen molar-refractivity contribution in [1.29, 1.82) is 0 Å². The second-order valence-electron chi connectivity index (χ2n) is 6.68. The topological polar surface area (TPSA) is 78.5 Å². The molecule has 0 atom stereocenters. The number of carbonyl (C=O) groups excluding carboxylic acids is 1. The summed E-state index contributed by atoms with van der Waals surface area (Å²) >= 11 is 0. The highest BCUT2D eigenvalue weighted by atomic mass is 32.2. The van der Waals surface area contributed by atoms with Crippen molar-refractivity contribution >= 4 is 15.9 Å². The van der Waals surface area contributed by atoms with Gasteiger partial charge in [0.1, 0.15) is 0 Å². The third-order valence-electron chi connectivity index (χ3n) is 4.69. The molecule has 2 aromatic rings. The van der Waals surface area contributed by atoms with Gasteiger partial charge in [0, 0.05) is 31.7 Å². The van der Waals surface area contributed by atoms with Crippen LogP contribution in [0.2, 0.25) is 0 Å². The minimum atomic E-state index is -3.70. The molecule has 3 rings (SSSR count). The normalized spacial score (nSPS) is 15.4. The molecule has 2 aromatic carbocycles. The van der Waals surface area contributed by atoms with Gasteiger partial charge < -0.3 is 10.2 Å². The molecule has 0 aliphatic carbocycles. The Hall–Kier alpha value is -2.22. The SMILES string of the molecule is Cc1ccc(S(=O)(=O)NCc2ccccc2)cc1C(=O)N1CCCNCC1. The van der Waals surface area contributed by atoms with E-state index in [-0.39, 0.29) is 17.3 Å². The van der Waals surface area contributed by atoms with Gasteiger partial charge in [-0.15, -0.1) is 0 Å². The second-order valence-corrected chi connectivity index (χ2v) is 8.45. The van der Waals surface area contributed by atoms with Gasteiger partial charge in [-0.05, 0) is 43.1 Å². The maximum Gasteiger partial charge on any atom is 0.254 e. The van der Waals surface area contributed by atoms with Gasteiger partial charge in [0.25, 0.3) is 5.91 Å². The van der Waals surface area contributed by atoms with E-state index >= 15 is 0 Å². The van der Waals surface area contributed by atoms with Crippen LogP contribution in [0, 0.1) is 6.92 Å². The first-order valence-electron chi connectivity index (χ1n) is 9.11. The van der Waals surface area contributed by atoms with Crippen molar-refractivity contribution in [1.82, 2.24) is 14.9 Å². The summed E-state index contributed by atoms with van der Waals surface area (Å²) < 4.78 is 28.0. The first-order valence-corrected chi connectivity index (χ1v) is 10.6. The lowest BCUT2D eigenvalue weighted by molar-refractivity contribution is 0.0765. The third kappa shape index (κ3) is 4.94. The van der Waals surface area contributed by atoms with Gasteiger partial charge in [0.15, 0.2) is 0 Å². The highest BCUT2D eigenvalue weighted by Gasteiger charge is 2.22. The van der Waals surface area contributed by atoms with Crippen LogP contribution in [0.1, 0.15) is 27.9 Å². The average Bonchev–Trinajstić information content (AvgIpc) is 2.96. The standard InChI is InChI=1S/C20H25N3O3S/c1-16-8-9-18(27(25,26)22-15-17-6-3-2-4-7-17)14-19(16)20(24)23-12-5-10-21-11-13-23/h2-4,6-9,14,21-22H,5,10-13,15H2,1H3. The number of aryl methyl sites for hydroxylation is 1. The molecule has 1 aliphatic rings. The van der Waals surface area contributed by atoms with E-state index < -0.39 is 10.0 Å². The summed E-state index contributed by atoms with van der Waals surface area (Å²) in [6.07, 6.45) is 0.890. The van der Waals surface area contributed by atoms with Gasteiger partial charge in [-0.3, -0.25) is 4.79 Å². The van der Waals surface area contributed by atoms with Crippen molar-refractivity contribution in [3.8, 4) is 0 Å². The van der Waals surface area contributed by atoms with Crippen molar-refractivity contribution in [3.63, 3.8) is 0 Å². The molecule has 0 radical (unpaired) electrons. The van der Waals surface area contributed by atoms with Gasteiger partial charge in [0.05, 0.1) is 4.90 Å². The Labute approximate surface area is 160 Å². The van der Waals surface area contributed by atoms with Crippen LogP contribution in [-0.2, 0) is 16.6 Å². The molecule has 0 aromatic heterocycles. The quantitative estimate of drug-likeness (QED) is 0.822. The zero-order chi connectivity index (χ0) is 19.3. The Bertz CT molecular complexity index is 890. The van der Waals surface area contributed by atoms with Crippen LogP contribution in [0.3, 0.4) is 0 Å². The predicted molar refractivity (Wildman–Crippen MR) is 105 cm³/mol. The number of amides is 1. The molecule has 27 heavy (non-hydrogen) atoms. The highest BCUT2D eigenvalue weighted by molar-refractivity contribution is 7.89. The molecule has 0 saturated carbocycles. The largest absolute Gasteiger partial charge is 0.337 e. The molecule has 1 heterocycles. The summed E-state index contributed by atoms with van der Waals surface area (Å²) in [6, 6.07) is 14.1. The molecule has 2 N–H and O–H groups in total. The van der Waals surface area contributed by atoms with Crippen LogP contribution in [-0.4, -0.2) is 45.4 Å². The van der Waals surface area contributed by atoms with Gasteiger partial charge in [-0.1, -0.05) is 36.4 Å². The number of hydrogen-bond acceptors (Lipinski definition) is 4. The van der Waals surface area contributed by atoms with Gasteiger partial charge in [0.2, 0.25) is 10.0 Å². The number of nitrogens with one attached hydrogen (secondary N) is 2. The van der Waals surface area contributed by atoms with Crippen molar-refractivity contribution in [2.24, 2.45) is 0 Å². The summed E-state index contributed by atoms with van der Waals surface area (Å²) in [5.74, 6) is -0.115. The summed E-state index contributed by atoms with van der Waals surface area (Å²) in [5, 5.41) is 3.27. The van der Waals surface area contributed by atoms with Gasteiger partial charge >= 0.3 is 0 Å². The first-order chi connectivity index (χ1) is 13.0. The van der Waals surface area contributed by atoms with Gasteiger partial charge in [-0.2, -0.15) is 0 Å². The van der Waals surface area contributed by atoms with E-state index in [1.807, 2.05) is 37.3 Å². The van der Waals surface area contributed by atoms with Crippen molar-refractivity contribution < 1.29 is 13.2 Å². The van der Waals surface area contributed by atoms with E-state index in [0.717, 1.165) is 30.6 Å². The van der Waals surface area contributed by atoms with Crippen molar-refractivity contribution in [2.75, 3.05) is 26.2 Å². The molecule has 0 unspecified atom stereocenters. The highest BCUT2D eigenvalue weighted by Crippen LogP contribution is 2.18. The fourth-order valence-corrected chi connectivity index (χ4v) is 4.12. The second kappa shape index (κ2) is 8.65. The third-order valence-corrected chi connectivity index (χ3v) is 6.09. The van der Waals surface area contributed by atoms with Crippen LogP contribution < -0.4 is 10.0 Å². The number of benzene rings is 2. The summed E-state index contributed by atoms with van der Waals surface area (Å²) in [4.78, 5) is 14.8. The van der Waals surface area contributed by atoms with Crippen LogP contribution >= 0.6 is 0 Å². The molecule has 6 nitrogen and oxygen atoms in total. The lowest BCUT2D eigenvalue weighted by Crippen LogP contribution is -2.34. The Morgan fingerprint density at radius 2 is 1.89 bits per heavy atom. The lowest BCUT2D eigenvalue weighted by atomic mass is 10.1. The van der Waals surface area contributed by atoms with E-state index in [1.165, 1.54) is 6.07 Å². The summed E-state index contributed by atoms with van der Waals surface area (Å²) in [5.41, 5.74) is 2.10. The van der Waals surface area contributed by atoms with E-state index in [4.69, 9.17) is 0 Å². The molecule has 1 amide bonds. The Morgan fingerprint density at radius 3 is 2.67 bits per heavy atom. The average molecular weight is 388 g/mol. The molecular weight excluding hydrogens is 362 g/mol.